The van der Waals surface area contributed by atoms with Crippen LogP contribution in [0.4, 0.5) is 11.4 Å². The maximum absolute atomic E-state index is 13.1. The monoisotopic (exact) mass is 400 g/mol. The highest BCUT2D eigenvalue weighted by molar-refractivity contribution is 6.35. The van der Waals surface area contributed by atoms with E-state index in [0.717, 1.165) is 11.1 Å². The number of para-hydroxylation sites is 1. The topological polar surface area (TPSA) is 75.7 Å². The molecule has 0 saturated carbocycles. The molecule has 0 atom stereocenters. The van der Waals surface area contributed by atoms with Gasteiger partial charge in [-0.3, -0.25) is 14.4 Å². The van der Waals surface area contributed by atoms with Gasteiger partial charge in [0, 0.05) is 5.69 Å². The molecule has 6 heteroatoms. The Morgan fingerprint density at radius 2 is 1.63 bits per heavy atom. The van der Waals surface area contributed by atoms with E-state index in [0.29, 0.717) is 28.3 Å². The number of nitrogens with one attached hydrogen (secondary N) is 1. The van der Waals surface area contributed by atoms with Gasteiger partial charge < -0.3 is 10.1 Å². The van der Waals surface area contributed by atoms with E-state index in [1.807, 2.05) is 26.0 Å². The molecule has 1 aliphatic heterocycles. The van der Waals surface area contributed by atoms with Gasteiger partial charge in [-0.1, -0.05) is 24.3 Å². The molecule has 3 amide bonds. The summed E-state index contributed by atoms with van der Waals surface area (Å²) in [5.41, 5.74) is 3.81. The Morgan fingerprint density at radius 3 is 2.40 bits per heavy atom. The molecule has 0 radical (unpaired) electrons. The van der Waals surface area contributed by atoms with Crippen molar-refractivity contribution in [1.29, 1.82) is 0 Å². The molecule has 0 fully saturated rings. The average Bonchev–Trinajstić information content (AvgIpc) is 3.00. The Balaban J connectivity index is 1.65. The highest BCUT2D eigenvalue weighted by atomic mass is 16.5. The van der Waals surface area contributed by atoms with E-state index in [4.69, 9.17) is 4.74 Å². The summed E-state index contributed by atoms with van der Waals surface area (Å²) in [7, 11) is 1.49. The van der Waals surface area contributed by atoms with Crippen LogP contribution in [0.15, 0.2) is 60.7 Å². The van der Waals surface area contributed by atoms with E-state index in [1.54, 1.807) is 42.5 Å². The largest absolute Gasteiger partial charge is 0.496 e. The number of ether oxygens (including phenoxy) is 1. The fraction of sp³-hybridized carbons (Fsp3) is 0.125. The van der Waals surface area contributed by atoms with Crippen LogP contribution in [0.5, 0.6) is 5.75 Å². The number of benzene rings is 3. The van der Waals surface area contributed by atoms with Gasteiger partial charge in [0.1, 0.15) is 5.75 Å². The fourth-order valence-electron chi connectivity index (χ4n) is 3.55. The maximum Gasteiger partial charge on any atom is 0.266 e. The van der Waals surface area contributed by atoms with Gasteiger partial charge in [0.2, 0.25) is 0 Å². The third kappa shape index (κ3) is 3.12. The normalized spacial score (nSPS) is 12.7. The molecular formula is C24H20N2O4. The van der Waals surface area contributed by atoms with Crippen molar-refractivity contribution in [2.45, 2.75) is 13.8 Å². The first-order valence-corrected chi connectivity index (χ1v) is 9.45. The fourth-order valence-corrected chi connectivity index (χ4v) is 3.55. The third-order valence-electron chi connectivity index (χ3n) is 5.31. The van der Waals surface area contributed by atoms with Gasteiger partial charge in [0.15, 0.2) is 0 Å². The first kappa shape index (κ1) is 19.4. The Bertz CT molecular complexity index is 1200. The number of carbonyl (C=O) groups excluding carboxylic acids is 3. The SMILES string of the molecule is COc1ccccc1C(=O)Nc1ccc2c(c1)C(=O)N(c1cccc(C)c1C)C2=O. The van der Waals surface area contributed by atoms with Gasteiger partial charge in [0.25, 0.3) is 17.7 Å². The summed E-state index contributed by atoms with van der Waals surface area (Å²) in [6, 6.07) is 17.1. The first-order valence-electron chi connectivity index (χ1n) is 9.45. The highest BCUT2D eigenvalue weighted by Gasteiger charge is 2.37. The minimum atomic E-state index is -0.405. The Kier molecular flexibility index (Phi) is 4.83. The summed E-state index contributed by atoms with van der Waals surface area (Å²) in [6.07, 6.45) is 0. The van der Waals surface area contributed by atoms with Crippen LogP contribution in [-0.4, -0.2) is 24.8 Å². The van der Waals surface area contributed by atoms with Gasteiger partial charge in [-0.25, -0.2) is 4.90 Å². The van der Waals surface area contributed by atoms with Gasteiger partial charge in [-0.05, 0) is 61.4 Å². The van der Waals surface area contributed by atoms with Crippen LogP contribution < -0.4 is 15.0 Å². The van der Waals surface area contributed by atoms with E-state index < -0.39 is 5.91 Å². The number of carbonyl (C=O) groups is 3. The van der Waals surface area contributed by atoms with Crippen LogP contribution in [0, 0.1) is 13.8 Å². The number of hydrogen-bond acceptors (Lipinski definition) is 4. The van der Waals surface area contributed by atoms with Crippen molar-refractivity contribution in [2.75, 3.05) is 17.3 Å². The lowest BCUT2D eigenvalue weighted by molar-refractivity contribution is 0.0924. The van der Waals surface area contributed by atoms with Crippen LogP contribution in [0.1, 0.15) is 42.2 Å². The van der Waals surface area contributed by atoms with E-state index in [1.165, 1.54) is 18.1 Å². The standard InChI is InChI=1S/C24H20N2O4/c1-14-7-6-9-20(15(14)2)26-23(28)17-12-11-16(13-19(17)24(26)29)25-22(27)18-8-4-5-10-21(18)30-3/h4-13H,1-3H3,(H,25,27). The first-order chi connectivity index (χ1) is 14.4. The quantitative estimate of drug-likeness (QED) is 0.660. The number of fused-ring (bicyclic) bond motifs is 1. The van der Waals surface area contributed by atoms with Crippen LogP contribution in [0.25, 0.3) is 0 Å². The second-order valence-electron chi connectivity index (χ2n) is 7.08. The highest BCUT2D eigenvalue weighted by Crippen LogP contribution is 2.33. The number of hydrogen-bond donors (Lipinski definition) is 1. The number of methoxy groups -OCH3 is 1. The molecule has 1 N–H and O–H groups in total. The molecule has 4 rings (SSSR count). The van der Waals surface area contributed by atoms with Crippen LogP contribution in [0.3, 0.4) is 0 Å². The minimum absolute atomic E-state index is 0.263. The smallest absolute Gasteiger partial charge is 0.266 e. The van der Waals surface area contributed by atoms with Crippen molar-refractivity contribution in [2.24, 2.45) is 0 Å². The van der Waals surface area contributed by atoms with Crippen molar-refractivity contribution in [3.05, 3.63) is 88.5 Å². The van der Waals surface area contributed by atoms with Crippen LogP contribution in [-0.2, 0) is 0 Å². The minimum Gasteiger partial charge on any atom is -0.496 e. The molecule has 6 nitrogen and oxygen atoms in total. The summed E-state index contributed by atoms with van der Waals surface area (Å²) < 4.78 is 5.23. The Hall–Kier alpha value is -3.93. The van der Waals surface area contributed by atoms with Crippen LogP contribution >= 0.6 is 0 Å². The predicted molar refractivity (Wildman–Crippen MR) is 114 cm³/mol. The zero-order chi connectivity index (χ0) is 21.4. The van der Waals surface area contributed by atoms with E-state index in [-0.39, 0.29) is 17.4 Å². The number of nitrogens with zero attached hydrogens (tertiary/aromatic N) is 1. The number of rotatable bonds is 4. The van der Waals surface area contributed by atoms with E-state index >= 15 is 0 Å². The number of amides is 3. The molecule has 3 aromatic rings. The molecule has 0 bridgehead atoms. The van der Waals surface area contributed by atoms with Crippen molar-refractivity contribution in [1.82, 2.24) is 0 Å². The van der Waals surface area contributed by atoms with Gasteiger partial charge >= 0.3 is 0 Å². The number of aryl methyl sites for hydroxylation is 1. The number of imide groups is 1. The summed E-state index contributed by atoms with van der Waals surface area (Å²) >= 11 is 0. The third-order valence-corrected chi connectivity index (χ3v) is 5.31. The molecule has 1 heterocycles. The van der Waals surface area contributed by atoms with Crippen molar-refractivity contribution in [3.8, 4) is 5.75 Å². The summed E-state index contributed by atoms with van der Waals surface area (Å²) in [5, 5.41) is 2.77. The van der Waals surface area contributed by atoms with Crippen LogP contribution in [0.2, 0.25) is 0 Å². The predicted octanol–water partition coefficient (Wildman–Crippen LogP) is 4.36. The van der Waals surface area contributed by atoms with Gasteiger partial charge in [-0.2, -0.15) is 0 Å². The molecular weight excluding hydrogens is 380 g/mol. The molecule has 1 aliphatic rings. The zero-order valence-electron chi connectivity index (χ0n) is 16.9. The molecule has 0 aliphatic carbocycles. The Morgan fingerprint density at radius 1 is 0.900 bits per heavy atom. The molecule has 3 aromatic carbocycles. The molecule has 0 unspecified atom stereocenters. The summed E-state index contributed by atoms with van der Waals surface area (Å²) in [4.78, 5) is 39.8. The zero-order valence-corrected chi connectivity index (χ0v) is 16.9. The second-order valence-corrected chi connectivity index (χ2v) is 7.08. The van der Waals surface area contributed by atoms with Gasteiger partial charge in [-0.15, -0.1) is 0 Å². The average molecular weight is 400 g/mol. The molecule has 0 aromatic heterocycles. The Labute approximate surface area is 174 Å². The van der Waals surface area contributed by atoms with Gasteiger partial charge in [0.05, 0.1) is 29.5 Å². The molecule has 0 spiro atoms. The number of anilines is 2. The lowest BCUT2D eigenvalue weighted by Crippen LogP contribution is -2.30. The van der Waals surface area contributed by atoms with Crippen molar-refractivity contribution >= 4 is 29.1 Å². The second kappa shape index (κ2) is 7.48. The summed E-state index contributed by atoms with van der Waals surface area (Å²) in [6.45, 7) is 3.82. The summed E-state index contributed by atoms with van der Waals surface area (Å²) in [5.74, 6) is -0.692. The van der Waals surface area contributed by atoms with Crippen molar-refractivity contribution in [3.63, 3.8) is 0 Å². The van der Waals surface area contributed by atoms with Crippen molar-refractivity contribution < 1.29 is 19.1 Å². The maximum atomic E-state index is 13.1. The molecule has 150 valence electrons. The van der Waals surface area contributed by atoms with E-state index in [2.05, 4.69) is 5.32 Å². The molecule has 30 heavy (non-hydrogen) atoms. The lowest BCUT2D eigenvalue weighted by atomic mass is 10.1. The molecule has 0 saturated heterocycles. The lowest BCUT2D eigenvalue weighted by Gasteiger charge is -2.17. The van der Waals surface area contributed by atoms with E-state index in [9.17, 15) is 14.4 Å².